The number of carbonyl (C=O) groups is 1. The number of nitrogens with zero attached hydrogens (tertiary/aromatic N) is 6. The molecule has 0 bridgehead atoms. The molecule has 2 aliphatic carbocycles. The van der Waals surface area contributed by atoms with Gasteiger partial charge in [0.25, 0.3) is 6.43 Å². The van der Waals surface area contributed by atoms with Gasteiger partial charge >= 0.3 is 0 Å². The van der Waals surface area contributed by atoms with Gasteiger partial charge in [0.05, 0.1) is 37.5 Å². The maximum Gasteiger partial charge on any atom is 0.296 e. The van der Waals surface area contributed by atoms with Crippen LogP contribution in [-0.2, 0) is 14.3 Å². The molecule has 2 aliphatic heterocycles. The Labute approximate surface area is 267 Å². The van der Waals surface area contributed by atoms with Crippen molar-refractivity contribution in [1.29, 1.82) is 0 Å². The molecule has 13 heteroatoms. The zero-order chi connectivity index (χ0) is 31.5. The van der Waals surface area contributed by atoms with Crippen molar-refractivity contribution in [3.63, 3.8) is 0 Å². The zero-order valence-electron chi connectivity index (χ0n) is 26.2. The third kappa shape index (κ3) is 6.82. The number of carbonyl (C=O) groups excluding carboxylic acids is 1. The number of rotatable bonds is 8. The van der Waals surface area contributed by atoms with Crippen molar-refractivity contribution in [2.75, 3.05) is 57.5 Å². The molecule has 7 rings (SSSR count). The fourth-order valence-corrected chi connectivity index (χ4v) is 7.45. The Morgan fingerprint density at radius 2 is 1.61 bits per heavy atom. The van der Waals surface area contributed by atoms with Crippen LogP contribution in [0.5, 0.6) is 5.88 Å². The monoisotopic (exact) mass is 639 g/mol. The van der Waals surface area contributed by atoms with E-state index in [1.165, 1.54) is 11.0 Å². The highest BCUT2D eigenvalue weighted by molar-refractivity contribution is 5.79. The van der Waals surface area contributed by atoms with Gasteiger partial charge < -0.3 is 24.4 Å². The first-order chi connectivity index (χ1) is 22.5. The Hall–Kier alpha value is -3.42. The summed E-state index contributed by atoms with van der Waals surface area (Å²) in [5, 5.41) is 3.43. The molecule has 248 valence electrons. The molecule has 2 aromatic heterocycles. The molecular weight excluding hydrogens is 596 g/mol. The van der Waals surface area contributed by atoms with E-state index >= 15 is 0 Å². The highest BCUT2D eigenvalue weighted by Gasteiger charge is 2.35. The van der Waals surface area contributed by atoms with Gasteiger partial charge in [0.1, 0.15) is 11.9 Å². The van der Waals surface area contributed by atoms with Gasteiger partial charge in [-0.15, -0.1) is 0 Å². The standard InChI is InChI=1S/C33H43F2N7O4/c34-30(35)31-36-25-6-2-4-8-27(25)42(31)28-21-29(39-33(38-28)41-15-19-45-20-16-41)46-23-11-9-22(10-12-23)32(43)37-24-5-1-3-7-26(24)40-13-17-44-18-14-40/h2,4,6,8,21-24,26,30H,1,3,5,7,9-20H2,(H,37,43)/t22-,23-,24-,26-/m0/s1. The predicted octanol–water partition coefficient (Wildman–Crippen LogP) is 4.29. The first-order valence-corrected chi connectivity index (χ1v) is 16.8. The number of imidazole rings is 1. The number of alkyl halides is 2. The summed E-state index contributed by atoms with van der Waals surface area (Å²) in [6, 6.07) is 9.23. The number of benzene rings is 1. The molecule has 2 saturated carbocycles. The molecule has 0 unspecified atom stereocenters. The van der Waals surface area contributed by atoms with E-state index in [0.717, 1.165) is 58.4 Å². The summed E-state index contributed by atoms with van der Waals surface area (Å²) in [5.41, 5.74) is 1.00. The van der Waals surface area contributed by atoms with Gasteiger partial charge in [-0.2, -0.15) is 9.97 Å². The third-order valence-electron chi connectivity index (χ3n) is 9.89. The number of amides is 1. The van der Waals surface area contributed by atoms with E-state index in [0.29, 0.717) is 68.0 Å². The fraction of sp³-hybridized carbons (Fsp3) is 0.636. The molecule has 4 aliphatic rings. The van der Waals surface area contributed by atoms with Crippen LogP contribution < -0.4 is 15.0 Å². The Morgan fingerprint density at radius 1 is 0.891 bits per heavy atom. The summed E-state index contributed by atoms with van der Waals surface area (Å²) in [6.07, 6.45) is 4.41. The lowest BCUT2D eigenvalue weighted by molar-refractivity contribution is -0.128. The third-order valence-corrected chi connectivity index (χ3v) is 9.89. The van der Waals surface area contributed by atoms with Gasteiger partial charge in [-0.05, 0) is 50.7 Å². The Kier molecular flexibility index (Phi) is 9.59. The summed E-state index contributed by atoms with van der Waals surface area (Å²) >= 11 is 0. The molecule has 2 saturated heterocycles. The van der Waals surface area contributed by atoms with E-state index in [2.05, 4.69) is 15.2 Å². The van der Waals surface area contributed by atoms with E-state index < -0.39 is 6.43 Å². The molecule has 4 heterocycles. The van der Waals surface area contributed by atoms with Crippen LogP contribution in [0.3, 0.4) is 0 Å². The van der Waals surface area contributed by atoms with Crippen LogP contribution in [0.2, 0.25) is 0 Å². The molecule has 3 aromatic rings. The summed E-state index contributed by atoms with van der Waals surface area (Å²) in [5.74, 6) is 0.735. The van der Waals surface area contributed by atoms with Gasteiger partial charge in [-0.25, -0.2) is 13.8 Å². The average molecular weight is 640 g/mol. The molecule has 0 spiro atoms. The lowest BCUT2D eigenvalue weighted by Crippen LogP contribution is -2.56. The number of hydrogen-bond acceptors (Lipinski definition) is 9. The smallest absolute Gasteiger partial charge is 0.296 e. The van der Waals surface area contributed by atoms with Crippen molar-refractivity contribution in [1.82, 2.24) is 29.7 Å². The van der Waals surface area contributed by atoms with Crippen LogP contribution >= 0.6 is 0 Å². The minimum absolute atomic E-state index is 0.0529. The van der Waals surface area contributed by atoms with Gasteiger partial charge in [0.2, 0.25) is 17.7 Å². The lowest BCUT2D eigenvalue weighted by Gasteiger charge is -2.42. The van der Waals surface area contributed by atoms with E-state index in [9.17, 15) is 13.6 Å². The summed E-state index contributed by atoms with van der Waals surface area (Å²) in [6.45, 7) is 5.60. The number of fused-ring (bicyclic) bond motifs is 1. The van der Waals surface area contributed by atoms with Crippen molar-refractivity contribution >= 4 is 22.9 Å². The molecule has 2 atom stereocenters. The summed E-state index contributed by atoms with van der Waals surface area (Å²) in [7, 11) is 0. The van der Waals surface area contributed by atoms with E-state index in [1.54, 1.807) is 30.3 Å². The topological polar surface area (TPSA) is 107 Å². The maximum atomic E-state index is 14.2. The first kappa shape index (κ1) is 31.2. The summed E-state index contributed by atoms with van der Waals surface area (Å²) in [4.78, 5) is 31.6. The number of anilines is 1. The molecule has 1 aromatic carbocycles. The number of morpholine rings is 2. The van der Waals surface area contributed by atoms with Crippen molar-refractivity contribution in [2.24, 2.45) is 5.92 Å². The largest absolute Gasteiger partial charge is 0.474 e. The number of ether oxygens (including phenoxy) is 3. The molecule has 1 N–H and O–H groups in total. The minimum atomic E-state index is -2.79. The maximum absolute atomic E-state index is 14.2. The van der Waals surface area contributed by atoms with Gasteiger partial charge in [0, 0.05) is 50.2 Å². The van der Waals surface area contributed by atoms with Gasteiger partial charge in [-0.1, -0.05) is 25.0 Å². The number of nitrogens with one attached hydrogen (secondary N) is 1. The fourth-order valence-electron chi connectivity index (χ4n) is 7.45. The zero-order valence-corrected chi connectivity index (χ0v) is 26.2. The SMILES string of the molecule is O=C(N[C@H]1CCCC[C@@H]1N1CCOCC1)[C@H]1CC[C@H](Oc2cc(-n3c(C(F)F)nc4ccccc43)nc(N3CCOCC3)n2)CC1. The van der Waals surface area contributed by atoms with Gasteiger partial charge in [-0.3, -0.25) is 14.3 Å². The second-order valence-electron chi connectivity index (χ2n) is 12.8. The van der Waals surface area contributed by atoms with Crippen molar-refractivity contribution < 1.29 is 27.8 Å². The van der Waals surface area contributed by atoms with Crippen molar-refractivity contribution in [3.05, 3.63) is 36.2 Å². The Morgan fingerprint density at radius 3 is 2.37 bits per heavy atom. The number of hydrogen-bond donors (Lipinski definition) is 1. The molecule has 0 radical (unpaired) electrons. The second-order valence-corrected chi connectivity index (χ2v) is 12.8. The van der Waals surface area contributed by atoms with Crippen LogP contribution in [0.4, 0.5) is 14.7 Å². The van der Waals surface area contributed by atoms with E-state index in [1.807, 2.05) is 4.90 Å². The van der Waals surface area contributed by atoms with Crippen molar-refractivity contribution in [3.8, 4) is 11.7 Å². The quantitative estimate of drug-likeness (QED) is 0.387. The minimum Gasteiger partial charge on any atom is -0.474 e. The molecule has 11 nitrogen and oxygen atoms in total. The number of aromatic nitrogens is 4. The van der Waals surface area contributed by atoms with Gasteiger partial charge in [0.15, 0.2) is 5.82 Å². The van der Waals surface area contributed by atoms with Crippen LogP contribution in [0.1, 0.15) is 63.6 Å². The average Bonchev–Trinajstić information content (AvgIpc) is 3.50. The number of halogens is 2. The Bertz CT molecular complexity index is 1490. The first-order valence-electron chi connectivity index (χ1n) is 16.8. The second kappa shape index (κ2) is 14.1. The van der Waals surface area contributed by atoms with Crippen LogP contribution in [0.15, 0.2) is 30.3 Å². The predicted molar refractivity (Wildman–Crippen MR) is 168 cm³/mol. The van der Waals surface area contributed by atoms with Crippen LogP contribution in [-0.4, -0.2) is 101 Å². The molecular formula is C33H43F2N7O4. The van der Waals surface area contributed by atoms with Crippen LogP contribution in [0.25, 0.3) is 16.9 Å². The highest BCUT2D eigenvalue weighted by atomic mass is 19.3. The molecule has 1 amide bonds. The Balaban J connectivity index is 1.05. The highest BCUT2D eigenvalue weighted by Crippen LogP contribution is 2.33. The normalized spacial score (nSPS) is 26.4. The lowest BCUT2D eigenvalue weighted by atomic mass is 9.85. The van der Waals surface area contributed by atoms with E-state index in [4.69, 9.17) is 24.2 Å². The number of para-hydroxylation sites is 2. The van der Waals surface area contributed by atoms with E-state index in [-0.39, 0.29) is 35.6 Å². The molecule has 4 fully saturated rings. The van der Waals surface area contributed by atoms with Crippen LogP contribution in [0, 0.1) is 5.92 Å². The van der Waals surface area contributed by atoms with Crippen molar-refractivity contribution in [2.45, 2.75) is 76.0 Å². The molecule has 46 heavy (non-hydrogen) atoms. The summed E-state index contributed by atoms with van der Waals surface area (Å²) < 4.78 is 47.3.